The largest absolute Gasteiger partial charge is 0.465 e. The summed E-state index contributed by atoms with van der Waals surface area (Å²) in [6.45, 7) is 4.45. The van der Waals surface area contributed by atoms with E-state index in [1.807, 2.05) is 74.5 Å². The zero-order chi connectivity index (χ0) is 26.3. The van der Waals surface area contributed by atoms with Crippen LogP contribution < -0.4 is 21.3 Å². The zero-order valence-corrected chi connectivity index (χ0v) is 21.3. The van der Waals surface area contributed by atoms with Crippen molar-refractivity contribution in [3.8, 4) is 0 Å². The summed E-state index contributed by atoms with van der Waals surface area (Å²) in [5, 5.41) is 21.8. The molecule has 0 saturated heterocycles. The number of carboxylic acid groups (broad SMARTS) is 1. The maximum absolute atomic E-state index is 13.5. The number of aromatic nitrogens is 1. The second kappa shape index (κ2) is 11.8. The summed E-state index contributed by atoms with van der Waals surface area (Å²) in [5.41, 5.74) is 1.93. The van der Waals surface area contributed by atoms with E-state index in [1.54, 1.807) is 12.1 Å². The lowest BCUT2D eigenvalue weighted by Crippen LogP contribution is -2.48. The third kappa shape index (κ3) is 7.00. The lowest BCUT2D eigenvalue weighted by molar-refractivity contribution is 0.0912. The van der Waals surface area contributed by atoms with Gasteiger partial charge in [-0.15, -0.1) is 0 Å². The average Bonchev–Trinajstić information content (AvgIpc) is 2.89. The first kappa shape index (κ1) is 26.0. The van der Waals surface area contributed by atoms with Gasteiger partial charge in [-0.25, -0.2) is 9.78 Å². The molecule has 1 fully saturated rings. The van der Waals surface area contributed by atoms with Gasteiger partial charge in [0.2, 0.25) is 0 Å². The van der Waals surface area contributed by atoms with E-state index in [9.17, 15) is 14.7 Å². The van der Waals surface area contributed by atoms with Gasteiger partial charge >= 0.3 is 6.09 Å². The first-order valence-electron chi connectivity index (χ1n) is 12.7. The summed E-state index contributed by atoms with van der Waals surface area (Å²) in [6, 6.07) is 23.0. The minimum Gasteiger partial charge on any atom is -0.465 e. The van der Waals surface area contributed by atoms with Gasteiger partial charge < -0.3 is 26.4 Å². The number of anilines is 2. The summed E-state index contributed by atoms with van der Waals surface area (Å²) in [5.74, 6) is 0.832. The van der Waals surface area contributed by atoms with Crippen LogP contribution in [0.2, 0.25) is 0 Å². The number of hydrogen-bond acceptors (Lipinski definition) is 5. The minimum atomic E-state index is -1.02. The molecule has 1 aromatic heterocycles. The molecule has 2 amide bonds. The van der Waals surface area contributed by atoms with Gasteiger partial charge in [-0.3, -0.25) is 4.79 Å². The molecule has 8 nitrogen and oxygen atoms in total. The van der Waals surface area contributed by atoms with Crippen molar-refractivity contribution in [2.45, 2.75) is 63.7 Å². The first-order valence-corrected chi connectivity index (χ1v) is 12.7. The lowest BCUT2D eigenvalue weighted by atomic mass is 9.90. The number of amides is 2. The molecule has 0 aliphatic heterocycles. The van der Waals surface area contributed by atoms with Crippen molar-refractivity contribution >= 4 is 23.6 Å². The molecule has 5 N–H and O–H groups in total. The Balaban J connectivity index is 1.57. The molecule has 1 aliphatic carbocycles. The van der Waals surface area contributed by atoms with E-state index >= 15 is 0 Å². The normalized spacial score (nSPS) is 17.5. The van der Waals surface area contributed by atoms with E-state index in [0.717, 1.165) is 36.8 Å². The topological polar surface area (TPSA) is 115 Å². The highest BCUT2D eigenvalue weighted by atomic mass is 16.4. The van der Waals surface area contributed by atoms with E-state index in [0.29, 0.717) is 23.7 Å². The molecule has 4 rings (SSSR count). The van der Waals surface area contributed by atoms with E-state index < -0.39 is 11.6 Å². The maximum Gasteiger partial charge on any atom is 0.404 e. The van der Waals surface area contributed by atoms with Crippen LogP contribution in [0.3, 0.4) is 0 Å². The molecule has 1 saturated carbocycles. The molecule has 0 spiro atoms. The number of rotatable bonds is 9. The summed E-state index contributed by atoms with van der Waals surface area (Å²) in [7, 11) is 0. The predicted molar refractivity (Wildman–Crippen MR) is 146 cm³/mol. The standard InChI is InChI=1S/C29H35N5O3/c1-29(2,21-13-7-4-8-14-21)34-27(35)22-17-18-25(31-23-15-9-10-16-24(23)32-28(36)37)33-26(22)30-19-20-11-5-3-6-12-20/h3-8,11-14,17-18,23-24,32H,9-10,15-16,19H2,1-2H3,(H,34,35)(H,36,37)(H2,30,31,33)/t23-,24+/m0/s1. The third-order valence-corrected chi connectivity index (χ3v) is 6.77. The molecule has 0 unspecified atom stereocenters. The second-order valence-electron chi connectivity index (χ2n) is 9.97. The molecule has 37 heavy (non-hydrogen) atoms. The fourth-order valence-electron chi connectivity index (χ4n) is 4.74. The SMILES string of the molecule is CC(C)(NC(=O)c1ccc(N[C@H]2CCCC[C@H]2NC(=O)O)nc1NCc1ccccc1)c1ccccc1. The van der Waals surface area contributed by atoms with Gasteiger partial charge in [-0.05, 0) is 49.9 Å². The predicted octanol–water partition coefficient (Wildman–Crippen LogP) is 5.35. The smallest absolute Gasteiger partial charge is 0.404 e. The number of carbonyl (C=O) groups is 2. The molecule has 8 heteroatoms. The molecule has 3 aromatic rings. The Kier molecular flexibility index (Phi) is 8.28. The fraction of sp³-hybridized carbons (Fsp3) is 0.345. The molecule has 2 atom stereocenters. The monoisotopic (exact) mass is 501 g/mol. The number of pyridine rings is 1. The minimum absolute atomic E-state index is 0.0731. The Bertz CT molecular complexity index is 1200. The van der Waals surface area contributed by atoms with Gasteiger partial charge in [0.15, 0.2) is 0 Å². The number of nitrogens with zero attached hydrogens (tertiary/aromatic N) is 1. The molecular weight excluding hydrogens is 466 g/mol. The molecule has 2 aromatic carbocycles. The highest BCUT2D eigenvalue weighted by Crippen LogP contribution is 2.26. The van der Waals surface area contributed by atoms with Crippen molar-refractivity contribution in [1.29, 1.82) is 0 Å². The Hall–Kier alpha value is -4.07. The summed E-state index contributed by atoms with van der Waals surface area (Å²) in [6.07, 6.45) is 2.59. The Morgan fingerprint density at radius 2 is 1.57 bits per heavy atom. The molecule has 1 heterocycles. The van der Waals surface area contributed by atoms with E-state index in [4.69, 9.17) is 4.98 Å². The second-order valence-corrected chi connectivity index (χ2v) is 9.97. The van der Waals surface area contributed by atoms with Crippen molar-refractivity contribution in [2.24, 2.45) is 0 Å². The van der Waals surface area contributed by atoms with Gasteiger partial charge in [0.1, 0.15) is 11.6 Å². The highest BCUT2D eigenvalue weighted by molar-refractivity contribution is 5.99. The molecular formula is C29H35N5O3. The Morgan fingerprint density at radius 3 is 2.24 bits per heavy atom. The maximum atomic E-state index is 13.5. The first-order chi connectivity index (χ1) is 17.8. The van der Waals surface area contributed by atoms with Crippen molar-refractivity contribution < 1.29 is 14.7 Å². The summed E-state index contributed by atoms with van der Waals surface area (Å²) < 4.78 is 0. The van der Waals surface area contributed by atoms with Crippen LogP contribution >= 0.6 is 0 Å². The molecule has 1 aliphatic rings. The third-order valence-electron chi connectivity index (χ3n) is 6.77. The van der Waals surface area contributed by atoms with Crippen molar-refractivity contribution in [3.05, 3.63) is 89.5 Å². The van der Waals surface area contributed by atoms with Gasteiger partial charge in [0, 0.05) is 12.6 Å². The average molecular weight is 502 g/mol. The van der Waals surface area contributed by atoms with Crippen LogP contribution in [0.15, 0.2) is 72.8 Å². The van der Waals surface area contributed by atoms with Crippen LogP contribution in [0, 0.1) is 0 Å². The van der Waals surface area contributed by atoms with E-state index in [-0.39, 0.29) is 18.0 Å². The summed E-state index contributed by atoms with van der Waals surface area (Å²) >= 11 is 0. The van der Waals surface area contributed by atoms with Gasteiger partial charge in [0.25, 0.3) is 5.91 Å². The van der Waals surface area contributed by atoms with Gasteiger partial charge in [0.05, 0.1) is 17.1 Å². The van der Waals surface area contributed by atoms with Crippen LogP contribution in [0.25, 0.3) is 0 Å². The Labute approximate surface area is 217 Å². The molecule has 0 radical (unpaired) electrons. The van der Waals surface area contributed by atoms with Crippen LogP contribution in [-0.2, 0) is 12.1 Å². The van der Waals surface area contributed by atoms with Gasteiger partial charge in [-0.2, -0.15) is 0 Å². The van der Waals surface area contributed by atoms with E-state index in [1.165, 1.54) is 0 Å². The number of nitrogens with one attached hydrogen (secondary N) is 4. The fourth-order valence-corrected chi connectivity index (χ4v) is 4.74. The van der Waals surface area contributed by atoms with Crippen LogP contribution in [0.5, 0.6) is 0 Å². The summed E-state index contributed by atoms with van der Waals surface area (Å²) in [4.78, 5) is 29.5. The van der Waals surface area contributed by atoms with Crippen molar-refractivity contribution in [2.75, 3.05) is 10.6 Å². The molecule has 0 bridgehead atoms. The quantitative estimate of drug-likeness (QED) is 0.270. The number of hydrogen-bond donors (Lipinski definition) is 5. The zero-order valence-electron chi connectivity index (χ0n) is 21.3. The Morgan fingerprint density at radius 1 is 0.919 bits per heavy atom. The van der Waals surface area contributed by atoms with E-state index in [2.05, 4.69) is 21.3 Å². The lowest BCUT2D eigenvalue weighted by Gasteiger charge is -2.32. The van der Waals surface area contributed by atoms with Crippen LogP contribution in [-0.4, -0.2) is 34.2 Å². The van der Waals surface area contributed by atoms with Crippen molar-refractivity contribution in [1.82, 2.24) is 15.6 Å². The van der Waals surface area contributed by atoms with Crippen LogP contribution in [0.1, 0.15) is 61.0 Å². The number of carbonyl (C=O) groups excluding carboxylic acids is 1. The van der Waals surface area contributed by atoms with Crippen molar-refractivity contribution in [3.63, 3.8) is 0 Å². The van der Waals surface area contributed by atoms with Crippen LogP contribution in [0.4, 0.5) is 16.4 Å². The number of benzene rings is 2. The van der Waals surface area contributed by atoms with Gasteiger partial charge in [-0.1, -0.05) is 73.5 Å². The highest BCUT2D eigenvalue weighted by Gasteiger charge is 2.28. The molecule has 194 valence electrons.